The molecule has 6 nitrogen and oxygen atoms in total. The molecule has 1 aliphatic rings. The average molecular weight is 406 g/mol. The molecule has 4 rings (SSSR count). The maximum Gasteiger partial charge on any atom is 0.255 e. The molecule has 0 saturated heterocycles. The Labute approximate surface area is 172 Å². The smallest absolute Gasteiger partial charge is 0.255 e. The van der Waals surface area contributed by atoms with Crippen LogP contribution in [0.2, 0.25) is 0 Å². The zero-order valence-electron chi connectivity index (χ0n) is 15.9. The van der Waals surface area contributed by atoms with E-state index < -0.39 is 11.7 Å². The van der Waals surface area contributed by atoms with Crippen molar-refractivity contribution in [3.05, 3.63) is 89.7 Å². The summed E-state index contributed by atoms with van der Waals surface area (Å²) in [4.78, 5) is 24.6. The number of amides is 2. The van der Waals surface area contributed by atoms with E-state index in [-0.39, 0.29) is 17.6 Å². The number of anilines is 1. The number of hydrogen-bond acceptors (Lipinski definition) is 4. The lowest BCUT2D eigenvalue weighted by molar-refractivity contribution is 0.0789. The van der Waals surface area contributed by atoms with Crippen molar-refractivity contribution in [1.82, 2.24) is 5.32 Å². The van der Waals surface area contributed by atoms with Crippen LogP contribution in [0.25, 0.3) is 0 Å². The van der Waals surface area contributed by atoms with E-state index in [0.717, 1.165) is 6.07 Å². The molecule has 0 fully saturated rings. The van der Waals surface area contributed by atoms with Crippen LogP contribution in [-0.4, -0.2) is 31.1 Å². The summed E-state index contributed by atoms with van der Waals surface area (Å²) in [5.74, 6) is 0.171. The van der Waals surface area contributed by atoms with Crippen molar-refractivity contribution >= 4 is 17.5 Å². The molecule has 0 aliphatic carbocycles. The van der Waals surface area contributed by atoms with Crippen LogP contribution < -0.4 is 20.1 Å². The van der Waals surface area contributed by atoms with Crippen molar-refractivity contribution in [3.8, 4) is 11.5 Å². The van der Waals surface area contributed by atoms with Gasteiger partial charge in [-0.15, -0.1) is 0 Å². The molecule has 152 valence electrons. The first-order valence-electron chi connectivity index (χ1n) is 9.42. The van der Waals surface area contributed by atoms with Crippen molar-refractivity contribution in [3.63, 3.8) is 0 Å². The van der Waals surface area contributed by atoms with E-state index in [0.29, 0.717) is 35.9 Å². The summed E-state index contributed by atoms with van der Waals surface area (Å²) in [5, 5.41) is 5.49. The second-order valence-corrected chi connectivity index (χ2v) is 6.75. The first-order chi connectivity index (χ1) is 14.6. The minimum absolute atomic E-state index is 0.216. The summed E-state index contributed by atoms with van der Waals surface area (Å²) >= 11 is 0. The third kappa shape index (κ3) is 4.57. The van der Waals surface area contributed by atoms with E-state index in [1.54, 1.807) is 24.3 Å². The molecular formula is C23H19FN2O4. The summed E-state index contributed by atoms with van der Waals surface area (Å²) in [5.41, 5.74) is 1.16. The van der Waals surface area contributed by atoms with Gasteiger partial charge >= 0.3 is 0 Å². The van der Waals surface area contributed by atoms with Crippen LogP contribution in [0.3, 0.4) is 0 Å². The van der Waals surface area contributed by atoms with E-state index in [4.69, 9.17) is 9.47 Å². The van der Waals surface area contributed by atoms with Gasteiger partial charge < -0.3 is 20.1 Å². The number of benzene rings is 3. The van der Waals surface area contributed by atoms with Gasteiger partial charge in [-0.05, 0) is 54.6 Å². The molecule has 1 aliphatic heterocycles. The fourth-order valence-corrected chi connectivity index (χ4v) is 3.01. The molecule has 0 bridgehead atoms. The number of nitrogens with one attached hydrogen (secondary N) is 2. The molecular weight excluding hydrogens is 387 g/mol. The summed E-state index contributed by atoms with van der Waals surface area (Å²) in [7, 11) is 0. The van der Waals surface area contributed by atoms with Crippen molar-refractivity contribution in [2.45, 2.75) is 6.10 Å². The third-order valence-corrected chi connectivity index (χ3v) is 4.55. The second-order valence-electron chi connectivity index (χ2n) is 6.75. The third-order valence-electron chi connectivity index (χ3n) is 4.55. The highest BCUT2D eigenvalue weighted by atomic mass is 19.1. The first-order valence-corrected chi connectivity index (χ1v) is 9.42. The number of para-hydroxylation sites is 2. The predicted molar refractivity (Wildman–Crippen MR) is 109 cm³/mol. The van der Waals surface area contributed by atoms with Gasteiger partial charge in [0, 0.05) is 16.8 Å². The number of hydrogen-bond donors (Lipinski definition) is 2. The highest BCUT2D eigenvalue weighted by molar-refractivity contribution is 6.04. The van der Waals surface area contributed by atoms with Gasteiger partial charge in [0.1, 0.15) is 18.5 Å². The second kappa shape index (κ2) is 8.65. The number of ether oxygens (including phenoxy) is 2. The minimum atomic E-state index is -0.481. The standard InChI is InChI=1S/C23H19FN2O4/c24-17-5-3-4-16(12-17)23(28)26-18-10-8-15(9-11-18)22(27)25-13-19-14-29-20-6-1-2-7-21(20)30-19/h1-12,19H,13-14H2,(H,25,27)(H,26,28). The van der Waals surface area contributed by atoms with Crippen LogP contribution in [0.4, 0.5) is 10.1 Å². The average Bonchev–Trinajstić information content (AvgIpc) is 2.78. The van der Waals surface area contributed by atoms with Crippen LogP contribution in [0.15, 0.2) is 72.8 Å². The number of halogens is 1. The Morgan fingerprint density at radius 2 is 1.67 bits per heavy atom. The maximum absolute atomic E-state index is 13.2. The highest BCUT2D eigenvalue weighted by Crippen LogP contribution is 2.30. The Morgan fingerprint density at radius 3 is 2.43 bits per heavy atom. The maximum atomic E-state index is 13.2. The summed E-state index contributed by atoms with van der Waals surface area (Å²) in [6, 6.07) is 19.2. The molecule has 0 radical (unpaired) electrons. The summed E-state index contributed by atoms with van der Waals surface area (Å²) in [6.45, 7) is 0.646. The largest absolute Gasteiger partial charge is 0.486 e. The topological polar surface area (TPSA) is 76.7 Å². The van der Waals surface area contributed by atoms with Gasteiger partial charge in [-0.2, -0.15) is 0 Å². The molecule has 1 unspecified atom stereocenters. The van der Waals surface area contributed by atoms with E-state index in [9.17, 15) is 14.0 Å². The van der Waals surface area contributed by atoms with Crippen LogP contribution in [-0.2, 0) is 0 Å². The number of carbonyl (C=O) groups is 2. The molecule has 0 spiro atoms. The Bertz CT molecular complexity index is 1070. The van der Waals surface area contributed by atoms with Crippen molar-refractivity contribution in [1.29, 1.82) is 0 Å². The van der Waals surface area contributed by atoms with Crippen molar-refractivity contribution in [2.24, 2.45) is 0 Å². The van der Waals surface area contributed by atoms with Crippen molar-refractivity contribution in [2.75, 3.05) is 18.5 Å². The number of carbonyl (C=O) groups excluding carboxylic acids is 2. The van der Waals surface area contributed by atoms with Crippen molar-refractivity contribution < 1.29 is 23.5 Å². The van der Waals surface area contributed by atoms with Gasteiger partial charge in [0.25, 0.3) is 11.8 Å². The zero-order valence-corrected chi connectivity index (χ0v) is 15.9. The molecule has 1 atom stereocenters. The zero-order chi connectivity index (χ0) is 20.9. The Kier molecular flexibility index (Phi) is 5.61. The molecule has 2 N–H and O–H groups in total. The normalized spacial score (nSPS) is 14.6. The van der Waals surface area contributed by atoms with E-state index >= 15 is 0 Å². The number of rotatable bonds is 5. The van der Waals surface area contributed by atoms with Crippen LogP contribution >= 0.6 is 0 Å². The summed E-state index contributed by atoms with van der Waals surface area (Å²) < 4.78 is 24.7. The molecule has 30 heavy (non-hydrogen) atoms. The Balaban J connectivity index is 1.30. The number of fused-ring (bicyclic) bond motifs is 1. The lowest BCUT2D eigenvalue weighted by Gasteiger charge is -2.26. The van der Waals surface area contributed by atoms with Gasteiger partial charge in [-0.25, -0.2) is 4.39 Å². The van der Waals surface area contributed by atoms with E-state index in [2.05, 4.69) is 10.6 Å². The molecule has 1 heterocycles. The van der Waals surface area contributed by atoms with Gasteiger partial charge in [0.2, 0.25) is 0 Å². The Morgan fingerprint density at radius 1 is 0.900 bits per heavy atom. The van der Waals surface area contributed by atoms with E-state index in [1.807, 2.05) is 24.3 Å². The van der Waals surface area contributed by atoms with Gasteiger partial charge in [0.05, 0.1) is 6.54 Å². The molecule has 0 saturated carbocycles. The molecule has 3 aromatic carbocycles. The van der Waals surface area contributed by atoms with Crippen LogP contribution in [0.1, 0.15) is 20.7 Å². The Hall–Kier alpha value is -3.87. The monoisotopic (exact) mass is 406 g/mol. The lowest BCUT2D eigenvalue weighted by atomic mass is 10.1. The SMILES string of the molecule is O=C(NCC1COc2ccccc2O1)c1ccc(NC(=O)c2cccc(F)c2)cc1. The molecule has 3 aromatic rings. The van der Waals surface area contributed by atoms with Crippen LogP contribution in [0.5, 0.6) is 11.5 Å². The van der Waals surface area contributed by atoms with Gasteiger partial charge in [-0.3, -0.25) is 9.59 Å². The van der Waals surface area contributed by atoms with Gasteiger partial charge in [-0.1, -0.05) is 18.2 Å². The minimum Gasteiger partial charge on any atom is -0.486 e. The predicted octanol–water partition coefficient (Wildman–Crippen LogP) is 3.65. The molecule has 7 heteroatoms. The fraction of sp³-hybridized carbons (Fsp3) is 0.130. The van der Waals surface area contributed by atoms with E-state index in [1.165, 1.54) is 18.2 Å². The highest BCUT2D eigenvalue weighted by Gasteiger charge is 2.21. The van der Waals surface area contributed by atoms with Crippen LogP contribution in [0, 0.1) is 5.82 Å². The first kappa shape index (κ1) is 19.4. The summed E-state index contributed by atoms with van der Waals surface area (Å²) in [6.07, 6.45) is -0.284. The molecule has 0 aromatic heterocycles. The molecule has 2 amide bonds. The lowest BCUT2D eigenvalue weighted by Crippen LogP contribution is -2.40. The van der Waals surface area contributed by atoms with Gasteiger partial charge in [0.15, 0.2) is 11.5 Å². The fourth-order valence-electron chi connectivity index (χ4n) is 3.01. The quantitative estimate of drug-likeness (QED) is 0.678.